The molecular formula is C11H16ClFN2O. The van der Waals surface area contributed by atoms with Crippen LogP contribution in [0.25, 0.3) is 0 Å². The number of aromatic nitrogens is 1. The Morgan fingerprint density at radius 1 is 1.62 bits per heavy atom. The van der Waals surface area contributed by atoms with Gasteiger partial charge in [-0.3, -0.25) is 0 Å². The van der Waals surface area contributed by atoms with Crippen LogP contribution in [0.3, 0.4) is 0 Å². The summed E-state index contributed by atoms with van der Waals surface area (Å²) in [7, 11) is 0. The van der Waals surface area contributed by atoms with Gasteiger partial charge in [-0.15, -0.1) is 0 Å². The van der Waals surface area contributed by atoms with Crippen LogP contribution >= 0.6 is 11.6 Å². The second-order valence-electron chi connectivity index (χ2n) is 4.08. The second-order valence-corrected chi connectivity index (χ2v) is 4.52. The van der Waals surface area contributed by atoms with E-state index >= 15 is 0 Å². The van der Waals surface area contributed by atoms with Crippen molar-refractivity contribution in [2.24, 2.45) is 0 Å². The van der Waals surface area contributed by atoms with Gasteiger partial charge in [0.1, 0.15) is 0 Å². The van der Waals surface area contributed by atoms with E-state index in [-0.39, 0.29) is 17.4 Å². The standard InChI is InChI=1S/C11H16ClFN2O/c1-3-4-11(2,16)7-15-10-9(13)5-8(12)6-14-10/h5-6,16H,3-4,7H2,1-2H3,(H,14,15). The van der Waals surface area contributed by atoms with E-state index in [9.17, 15) is 9.50 Å². The molecule has 1 aromatic rings. The van der Waals surface area contributed by atoms with Crippen LogP contribution in [0.5, 0.6) is 0 Å². The van der Waals surface area contributed by atoms with E-state index in [1.54, 1.807) is 6.92 Å². The molecule has 3 nitrogen and oxygen atoms in total. The smallest absolute Gasteiger partial charge is 0.166 e. The molecule has 0 aliphatic carbocycles. The van der Waals surface area contributed by atoms with Gasteiger partial charge >= 0.3 is 0 Å². The molecule has 1 aromatic heterocycles. The molecule has 0 amide bonds. The predicted molar refractivity (Wildman–Crippen MR) is 63.2 cm³/mol. The van der Waals surface area contributed by atoms with Crippen LogP contribution in [0.15, 0.2) is 12.3 Å². The van der Waals surface area contributed by atoms with Gasteiger partial charge in [0.05, 0.1) is 10.6 Å². The Labute approximate surface area is 99.7 Å². The number of hydrogen-bond donors (Lipinski definition) is 2. The normalized spacial score (nSPS) is 14.6. The van der Waals surface area contributed by atoms with Crippen LogP contribution in [-0.2, 0) is 0 Å². The lowest BCUT2D eigenvalue weighted by atomic mass is 10.0. The fraction of sp³-hybridized carbons (Fsp3) is 0.545. The molecule has 0 radical (unpaired) electrons. The number of hydrogen-bond acceptors (Lipinski definition) is 3. The van der Waals surface area contributed by atoms with Crippen molar-refractivity contribution in [3.63, 3.8) is 0 Å². The second kappa shape index (κ2) is 5.46. The number of aliphatic hydroxyl groups is 1. The monoisotopic (exact) mass is 246 g/mol. The minimum Gasteiger partial charge on any atom is -0.388 e. The Morgan fingerprint density at radius 3 is 2.88 bits per heavy atom. The van der Waals surface area contributed by atoms with Gasteiger partial charge in [0.2, 0.25) is 0 Å². The quantitative estimate of drug-likeness (QED) is 0.840. The van der Waals surface area contributed by atoms with E-state index in [4.69, 9.17) is 11.6 Å². The molecule has 16 heavy (non-hydrogen) atoms. The SMILES string of the molecule is CCCC(C)(O)CNc1ncc(Cl)cc1F. The van der Waals surface area contributed by atoms with Crippen molar-refractivity contribution in [3.05, 3.63) is 23.1 Å². The van der Waals surface area contributed by atoms with Crippen LogP contribution in [0.1, 0.15) is 26.7 Å². The molecule has 0 spiro atoms. The van der Waals surface area contributed by atoms with E-state index in [1.165, 1.54) is 12.3 Å². The number of rotatable bonds is 5. The van der Waals surface area contributed by atoms with Crippen molar-refractivity contribution >= 4 is 17.4 Å². The third-order valence-electron chi connectivity index (χ3n) is 2.23. The zero-order chi connectivity index (χ0) is 12.2. The maximum atomic E-state index is 13.3. The highest BCUT2D eigenvalue weighted by Gasteiger charge is 2.19. The molecule has 1 heterocycles. The summed E-state index contributed by atoms with van der Waals surface area (Å²) < 4.78 is 13.3. The van der Waals surface area contributed by atoms with Gasteiger partial charge in [-0.2, -0.15) is 0 Å². The highest BCUT2D eigenvalue weighted by molar-refractivity contribution is 6.30. The molecule has 90 valence electrons. The average Bonchev–Trinajstić information content (AvgIpc) is 2.16. The van der Waals surface area contributed by atoms with Gasteiger partial charge in [0.25, 0.3) is 0 Å². The maximum Gasteiger partial charge on any atom is 0.166 e. The predicted octanol–water partition coefficient (Wildman–Crippen LogP) is 2.84. The summed E-state index contributed by atoms with van der Waals surface area (Å²) in [6.45, 7) is 3.94. The number of pyridine rings is 1. The Morgan fingerprint density at radius 2 is 2.31 bits per heavy atom. The Kier molecular flexibility index (Phi) is 4.50. The third kappa shape index (κ3) is 3.94. The Balaban J connectivity index is 2.61. The molecule has 0 aliphatic heterocycles. The van der Waals surface area contributed by atoms with E-state index in [2.05, 4.69) is 10.3 Å². The number of anilines is 1. The Hall–Kier alpha value is -0.870. The van der Waals surface area contributed by atoms with Crippen LogP contribution in [0.4, 0.5) is 10.2 Å². The summed E-state index contributed by atoms with van der Waals surface area (Å²) in [4.78, 5) is 3.81. The first-order valence-corrected chi connectivity index (χ1v) is 5.60. The van der Waals surface area contributed by atoms with Crippen LogP contribution in [-0.4, -0.2) is 22.2 Å². The van der Waals surface area contributed by atoms with Crippen molar-refractivity contribution in [2.75, 3.05) is 11.9 Å². The largest absolute Gasteiger partial charge is 0.388 e. The Bertz CT molecular complexity index is 358. The lowest BCUT2D eigenvalue weighted by Gasteiger charge is -2.23. The van der Waals surface area contributed by atoms with Crippen molar-refractivity contribution in [1.29, 1.82) is 0 Å². The molecule has 0 fully saturated rings. The lowest BCUT2D eigenvalue weighted by molar-refractivity contribution is 0.0635. The van der Waals surface area contributed by atoms with Gasteiger partial charge in [0.15, 0.2) is 11.6 Å². The van der Waals surface area contributed by atoms with Gasteiger partial charge in [-0.1, -0.05) is 24.9 Å². The molecule has 1 rings (SSSR count). The first kappa shape index (κ1) is 13.2. The van der Waals surface area contributed by atoms with Crippen molar-refractivity contribution in [3.8, 4) is 0 Å². The molecule has 0 saturated carbocycles. The molecule has 1 atom stereocenters. The maximum absolute atomic E-state index is 13.3. The minimum absolute atomic E-state index is 0.112. The topological polar surface area (TPSA) is 45.1 Å². The molecule has 2 N–H and O–H groups in total. The van der Waals surface area contributed by atoms with Gasteiger partial charge < -0.3 is 10.4 Å². The number of nitrogens with zero attached hydrogens (tertiary/aromatic N) is 1. The van der Waals surface area contributed by atoms with E-state index in [1.807, 2.05) is 6.92 Å². The van der Waals surface area contributed by atoms with E-state index < -0.39 is 11.4 Å². The number of halogens is 2. The van der Waals surface area contributed by atoms with Crippen molar-refractivity contribution in [2.45, 2.75) is 32.3 Å². The first-order chi connectivity index (χ1) is 7.44. The molecular weight excluding hydrogens is 231 g/mol. The highest BCUT2D eigenvalue weighted by Crippen LogP contribution is 2.17. The van der Waals surface area contributed by atoms with Crippen LogP contribution in [0, 0.1) is 5.82 Å². The van der Waals surface area contributed by atoms with Gasteiger partial charge in [0, 0.05) is 12.7 Å². The molecule has 1 unspecified atom stereocenters. The van der Waals surface area contributed by atoms with Crippen molar-refractivity contribution < 1.29 is 9.50 Å². The zero-order valence-electron chi connectivity index (χ0n) is 9.43. The van der Waals surface area contributed by atoms with Crippen LogP contribution in [0.2, 0.25) is 5.02 Å². The van der Waals surface area contributed by atoms with E-state index in [0.717, 1.165) is 6.42 Å². The molecule has 0 aromatic carbocycles. The minimum atomic E-state index is -0.859. The van der Waals surface area contributed by atoms with Gasteiger partial charge in [-0.25, -0.2) is 9.37 Å². The lowest BCUT2D eigenvalue weighted by Crippen LogP contribution is -2.33. The first-order valence-electron chi connectivity index (χ1n) is 5.22. The summed E-state index contributed by atoms with van der Waals surface area (Å²) in [5, 5.41) is 12.9. The highest BCUT2D eigenvalue weighted by atomic mass is 35.5. The molecule has 0 aliphatic rings. The summed E-state index contributed by atoms with van der Waals surface area (Å²) in [5.41, 5.74) is -0.859. The zero-order valence-corrected chi connectivity index (χ0v) is 10.2. The summed E-state index contributed by atoms with van der Waals surface area (Å²) in [5.74, 6) is -0.402. The third-order valence-corrected chi connectivity index (χ3v) is 2.44. The fourth-order valence-electron chi connectivity index (χ4n) is 1.45. The van der Waals surface area contributed by atoms with E-state index in [0.29, 0.717) is 6.42 Å². The summed E-state index contributed by atoms with van der Waals surface area (Å²) in [6.07, 6.45) is 2.88. The number of nitrogens with one attached hydrogen (secondary N) is 1. The van der Waals surface area contributed by atoms with Gasteiger partial charge in [-0.05, 0) is 19.4 Å². The molecule has 0 saturated heterocycles. The molecule has 5 heteroatoms. The summed E-state index contributed by atoms with van der Waals surface area (Å²) in [6, 6.07) is 1.19. The average molecular weight is 247 g/mol. The molecule has 0 bridgehead atoms. The van der Waals surface area contributed by atoms with Crippen LogP contribution < -0.4 is 5.32 Å². The summed E-state index contributed by atoms with van der Waals surface area (Å²) >= 11 is 5.58. The van der Waals surface area contributed by atoms with Crippen molar-refractivity contribution in [1.82, 2.24) is 4.98 Å². The fourth-order valence-corrected chi connectivity index (χ4v) is 1.59.